The van der Waals surface area contributed by atoms with Gasteiger partial charge in [-0.1, -0.05) is 56.3 Å². The summed E-state index contributed by atoms with van der Waals surface area (Å²) in [5.41, 5.74) is 3.89. The molecule has 2 nitrogen and oxygen atoms in total. The molecule has 1 aliphatic heterocycles. The Bertz CT molecular complexity index is 711. The molecule has 126 valence electrons. The van der Waals surface area contributed by atoms with Gasteiger partial charge in [-0.05, 0) is 35.6 Å². The zero-order chi connectivity index (χ0) is 16.6. The van der Waals surface area contributed by atoms with Gasteiger partial charge in [0.2, 0.25) is 0 Å². The molecule has 3 heteroatoms. The van der Waals surface area contributed by atoms with E-state index in [-0.39, 0.29) is 10.9 Å². The Kier molecular flexibility index (Phi) is 4.31. The Morgan fingerprint density at radius 2 is 1.96 bits per heavy atom. The van der Waals surface area contributed by atoms with E-state index in [9.17, 15) is 0 Å². The first-order valence-electron chi connectivity index (χ1n) is 8.69. The highest BCUT2D eigenvalue weighted by Gasteiger charge is 2.44. The summed E-state index contributed by atoms with van der Waals surface area (Å²) in [5.74, 6) is 2.38. The number of benzene rings is 2. The molecule has 4 rings (SSSR count). The van der Waals surface area contributed by atoms with Crippen molar-refractivity contribution in [2.45, 2.75) is 44.1 Å². The molecule has 0 bridgehead atoms. The standard InChI is InChI=1S/C21H24O2S/c1-21(2)18-12-11-16-17(20(18)23-14-24-21)9-6-10-19(16)22-13-15-7-4-3-5-8-15/h3-10,18,20H,11-14H2,1-2H3/t18-,20+/m1/s1. The van der Waals surface area contributed by atoms with Crippen molar-refractivity contribution >= 4 is 11.8 Å². The van der Waals surface area contributed by atoms with Gasteiger partial charge < -0.3 is 9.47 Å². The minimum atomic E-state index is 0.213. The van der Waals surface area contributed by atoms with Gasteiger partial charge in [-0.2, -0.15) is 0 Å². The van der Waals surface area contributed by atoms with Gasteiger partial charge in [0.25, 0.3) is 0 Å². The van der Waals surface area contributed by atoms with Crippen molar-refractivity contribution in [3.63, 3.8) is 0 Å². The van der Waals surface area contributed by atoms with Gasteiger partial charge in [0.1, 0.15) is 12.4 Å². The summed E-state index contributed by atoms with van der Waals surface area (Å²) in [6.07, 6.45) is 2.46. The predicted octanol–water partition coefficient (Wildman–Crippen LogP) is 5.37. The molecule has 0 spiro atoms. The molecule has 1 heterocycles. The van der Waals surface area contributed by atoms with Gasteiger partial charge in [0.05, 0.1) is 12.0 Å². The molecule has 0 N–H and O–H groups in total. The third-order valence-corrected chi connectivity index (χ3v) is 6.66. The molecule has 1 fully saturated rings. The fraction of sp³-hybridized carbons (Fsp3) is 0.429. The molecular weight excluding hydrogens is 316 g/mol. The lowest BCUT2D eigenvalue weighted by molar-refractivity contribution is 0.00522. The van der Waals surface area contributed by atoms with Crippen LogP contribution in [0.4, 0.5) is 0 Å². The summed E-state index contributed by atoms with van der Waals surface area (Å²) in [6, 6.07) is 16.8. The minimum absolute atomic E-state index is 0.213. The molecular formula is C21H24O2S. The number of hydrogen-bond donors (Lipinski definition) is 0. The van der Waals surface area contributed by atoms with Crippen molar-refractivity contribution in [3.8, 4) is 5.75 Å². The van der Waals surface area contributed by atoms with E-state index in [1.165, 1.54) is 23.1 Å². The largest absolute Gasteiger partial charge is 0.489 e. The lowest BCUT2D eigenvalue weighted by Gasteiger charge is -2.46. The molecule has 1 aliphatic carbocycles. The van der Waals surface area contributed by atoms with Gasteiger partial charge in [0, 0.05) is 10.7 Å². The summed E-state index contributed by atoms with van der Waals surface area (Å²) < 4.78 is 12.6. The van der Waals surface area contributed by atoms with Gasteiger partial charge in [0.15, 0.2) is 0 Å². The molecule has 2 aromatic carbocycles. The van der Waals surface area contributed by atoms with Gasteiger partial charge in [-0.15, -0.1) is 11.8 Å². The zero-order valence-electron chi connectivity index (χ0n) is 14.3. The fourth-order valence-corrected chi connectivity index (χ4v) is 4.91. The van der Waals surface area contributed by atoms with E-state index in [1.54, 1.807) is 0 Å². The fourth-order valence-electron chi connectivity index (χ4n) is 3.94. The van der Waals surface area contributed by atoms with Crippen LogP contribution in [0.3, 0.4) is 0 Å². The van der Waals surface area contributed by atoms with Crippen molar-refractivity contribution in [1.82, 2.24) is 0 Å². The van der Waals surface area contributed by atoms with Gasteiger partial charge in [-0.3, -0.25) is 0 Å². The topological polar surface area (TPSA) is 18.5 Å². The Labute approximate surface area is 148 Å². The monoisotopic (exact) mass is 340 g/mol. The highest BCUT2D eigenvalue weighted by molar-refractivity contribution is 8.00. The SMILES string of the molecule is CC1(C)SCO[C@H]2c3cccc(OCc4ccccc4)c3CC[C@H]21. The second-order valence-electron chi connectivity index (χ2n) is 7.20. The minimum Gasteiger partial charge on any atom is -0.489 e. The number of rotatable bonds is 3. The summed E-state index contributed by atoms with van der Waals surface area (Å²) in [4.78, 5) is 0. The Morgan fingerprint density at radius 1 is 1.12 bits per heavy atom. The van der Waals surface area contributed by atoms with Crippen LogP contribution in [0.5, 0.6) is 5.75 Å². The maximum absolute atomic E-state index is 6.17. The van der Waals surface area contributed by atoms with Crippen LogP contribution in [0.25, 0.3) is 0 Å². The van der Waals surface area contributed by atoms with Crippen LogP contribution >= 0.6 is 11.8 Å². The maximum atomic E-state index is 6.17. The summed E-state index contributed by atoms with van der Waals surface area (Å²) in [5, 5.41) is 0. The Balaban J connectivity index is 1.59. The van der Waals surface area contributed by atoms with E-state index < -0.39 is 0 Å². The first kappa shape index (κ1) is 16.0. The van der Waals surface area contributed by atoms with E-state index in [4.69, 9.17) is 9.47 Å². The van der Waals surface area contributed by atoms with E-state index in [0.29, 0.717) is 12.5 Å². The molecule has 2 aliphatic rings. The van der Waals surface area contributed by atoms with Crippen LogP contribution in [0.15, 0.2) is 48.5 Å². The Morgan fingerprint density at radius 3 is 2.79 bits per heavy atom. The van der Waals surface area contributed by atoms with E-state index in [1.807, 2.05) is 17.8 Å². The van der Waals surface area contributed by atoms with Crippen LogP contribution in [0.2, 0.25) is 0 Å². The molecule has 0 saturated carbocycles. The molecule has 1 saturated heterocycles. The van der Waals surface area contributed by atoms with Crippen LogP contribution in [-0.2, 0) is 17.8 Å². The second kappa shape index (κ2) is 6.45. The maximum Gasteiger partial charge on any atom is 0.123 e. The van der Waals surface area contributed by atoms with Crippen LogP contribution < -0.4 is 4.74 Å². The highest BCUT2D eigenvalue weighted by Crippen LogP contribution is 2.52. The molecule has 0 unspecified atom stereocenters. The number of hydrogen-bond acceptors (Lipinski definition) is 3. The van der Waals surface area contributed by atoms with Crippen molar-refractivity contribution in [3.05, 3.63) is 65.2 Å². The second-order valence-corrected chi connectivity index (χ2v) is 8.77. The van der Waals surface area contributed by atoms with Crippen molar-refractivity contribution in [2.24, 2.45) is 5.92 Å². The van der Waals surface area contributed by atoms with Gasteiger partial charge >= 0.3 is 0 Å². The predicted molar refractivity (Wildman–Crippen MR) is 99.4 cm³/mol. The summed E-state index contributed by atoms with van der Waals surface area (Å²) in [6.45, 7) is 5.34. The van der Waals surface area contributed by atoms with Crippen molar-refractivity contribution in [2.75, 3.05) is 5.94 Å². The van der Waals surface area contributed by atoms with E-state index in [0.717, 1.165) is 18.1 Å². The average molecular weight is 340 g/mol. The molecule has 0 amide bonds. The first-order valence-corrected chi connectivity index (χ1v) is 9.68. The quantitative estimate of drug-likeness (QED) is 0.748. The highest BCUT2D eigenvalue weighted by atomic mass is 32.2. The lowest BCUT2D eigenvalue weighted by Crippen LogP contribution is -2.41. The van der Waals surface area contributed by atoms with Crippen molar-refractivity contribution in [1.29, 1.82) is 0 Å². The number of fused-ring (bicyclic) bond motifs is 3. The Hall–Kier alpha value is -1.45. The van der Waals surface area contributed by atoms with Gasteiger partial charge in [-0.25, -0.2) is 0 Å². The normalized spacial score (nSPS) is 24.8. The molecule has 0 aromatic heterocycles. The van der Waals surface area contributed by atoms with E-state index in [2.05, 4.69) is 56.3 Å². The summed E-state index contributed by atoms with van der Waals surface area (Å²) in [7, 11) is 0. The molecule has 24 heavy (non-hydrogen) atoms. The van der Waals surface area contributed by atoms with Crippen LogP contribution in [0.1, 0.15) is 43.1 Å². The average Bonchev–Trinajstić information content (AvgIpc) is 2.60. The van der Waals surface area contributed by atoms with E-state index >= 15 is 0 Å². The first-order chi connectivity index (χ1) is 11.6. The number of thioether (sulfide) groups is 1. The summed E-state index contributed by atoms with van der Waals surface area (Å²) >= 11 is 1.94. The lowest BCUT2D eigenvalue weighted by atomic mass is 9.75. The third kappa shape index (κ3) is 2.96. The smallest absolute Gasteiger partial charge is 0.123 e. The number of ether oxygens (including phenoxy) is 2. The van der Waals surface area contributed by atoms with Crippen LogP contribution in [-0.4, -0.2) is 10.7 Å². The zero-order valence-corrected chi connectivity index (χ0v) is 15.1. The van der Waals surface area contributed by atoms with Crippen molar-refractivity contribution < 1.29 is 9.47 Å². The van der Waals surface area contributed by atoms with Crippen LogP contribution in [0, 0.1) is 5.92 Å². The molecule has 2 aromatic rings. The third-order valence-electron chi connectivity index (χ3n) is 5.36. The molecule has 2 atom stereocenters. The molecule has 0 radical (unpaired) electrons.